The molecule has 2 aliphatic rings. The second-order valence-electron chi connectivity index (χ2n) is 10.0. The first-order chi connectivity index (χ1) is 18.8. The molecule has 220 valence electrons. The molecule has 2 amide bonds. The number of hydrogen-bond acceptors (Lipinski definition) is 9. The molecule has 1 aliphatic carbocycles. The molecule has 0 saturated heterocycles. The predicted molar refractivity (Wildman–Crippen MR) is 147 cm³/mol. The minimum absolute atomic E-state index is 0.0970. The number of allylic oxidation sites excluding steroid dienone is 5. The summed E-state index contributed by atoms with van der Waals surface area (Å²) in [5.41, 5.74) is 6.06. The highest BCUT2D eigenvalue weighted by atomic mass is 16.6. The van der Waals surface area contributed by atoms with Crippen LogP contribution in [0.5, 0.6) is 0 Å². The van der Waals surface area contributed by atoms with E-state index in [0.717, 1.165) is 6.08 Å². The third-order valence-corrected chi connectivity index (χ3v) is 7.04. The summed E-state index contributed by atoms with van der Waals surface area (Å²) in [5, 5.41) is 13.7. The van der Waals surface area contributed by atoms with Crippen molar-refractivity contribution in [2.75, 3.05) is 21.3 Å². The number of carbonyl (C=O) groups excluding carboxylic acids is 4. The molecule has 11 nitrogen and oxygen atoms in total. The fourth-order valence-corrected chi connectivity index (χ4v) is 4.86. The summed E-state index contributed by atoms with van der Waals surface area (Å²) in [6.45, 7) is 6.86. The predicted octanol–water partition coefficient (Wildman–Crippen LogP) is 2.06. The molecule has 0 spiro atoms. The van der Waals surface area contributed by atoms with Crippen LogP contribution in [0.3, 0.4) is 0 Å². The van der Waals surface area contributed by atoms with E-state index in [9.17, 15) is 24.3 Å². The number of nitrogens with two attached hydrogens (primary N) is 1. The molecule has 0 aromatic carbocycles. The summed E-state index contributed by atoms with van der Waals surface area (Å²) in [4.78, 5) is 50.4. The van der Waals surface area contributed by atoms with Crippen LogP contribution in [0.4, 0.5) is 4.79 Å². The average molecular weight is 561 g/mol. The van der Waals surface area contributed by atoms with Gasteiger partial charge in [-0.3, -0.25) is 14.4 Å². The largest absolute Gasteiger partial charge is 0.439 e. The van der Waals surface area contributed by atoms with Crippen molar-refractivity contribution in [2.24, 2.45) is 17.6 Å². The Hall–Kier alpha value is -3.38. The van der Waals surface area contributed by atoms with Crippen molar-refractivity contribution in [1.82, 2.24) is 5.32 Å². The van der Waals surface area contributed by atoms with E-state index < -0.39 is 60.0 Å². The quantitative estimate of drug-likeness (QED) is 0.345. The molecule has 0 saturated carbocycles. The molecule has 0 radical (unpaired) electrons. The van der Waals surface area contributed by atoms with Crippen LogP contribution in [-0.4, -0.2) is 80.5 Å². The van der Waals surface area contributed by atoms with Gasteiger partial charge in [-0.25, -0.2) is 4.79 Å². The number of nitrogens with one attached hydrogen (secondary N) is 1. The van der Waals surface area contributed by atoms with Gasteiger partial charge >= 0.3 is 6.09 Å². The third kappa shape index (κ3) is 8.31. The van der Waals surface area contributed by atoms with Crippen molar-refractivity contribution < 1.29 is 43.2 Å². The van der Waals surface area contributed by atoms with Gasteiger partial charge in [-0.2, -0.15) is 0 Å². The molecule has 40 heavy (non-hydrogen) atoms. The fraction of sp³-hybridized carbons (Fsp3) is 0.517. The monoisotopic (exact) mass is 560 g/mol. The number of fused-ring (bicyclic) bond motifs is 2. The number of rotatable bonds is 4. The van der Waals surface area contributed by atoms with Crippen LogP contribution in [-0.2, 0) is 33.3 Å². The molecule has 0 aromatic heterocycles. The molecular formula is C29H40N2O9. The van der Waals surface area contributed by atoms with E-state index in [-0.39, 0.29) is 29.2 Å². The summed E-state index contributed by atoms with van der Waals surface area (Å²) in [7, 11) is 4.31. The number of primary amides is 1. The van der Waals surface area contributed by atoms with Crippen molar-refractivity contribution >= 4 is 23.6 Å². The second-order valence-corrected chi connectivity index (χ2v) is 10.0. The van der Waals surface area contributed by atoms with Crippen LogP contribution >= 0.6 is 0 Å². The van der Waals surface area contributed by atoms with E-state index >= 15 is 0 Å². The summed E-state index contributed by atoms with van der Waals surface area (Å²) in [5.74, 6) is -2.44. The zero-order valence-electron chi connectivity index (χ0n) is 24.0. The number of aliphatic hydroxyl groups is 1. The molecule has 2 rings (SSSR count). The Morgan fingerprint density at radius 1 is 1.02 bits per heavy atom. The normalized spacial score (nSPS) is 34.4. The summed E-state index contributed by atoms with van der Waals surface area (Å²) < 4.78 is 22.1. The average Bonchev–Trinajstić information content (AvgIpc) is 2.90. The highest BCUT2D eigenvalue weighted by Gasteiger charge is 2.35. The van der Waals surface area contributed by atoms with E-state index in [1.165, 1.54) is 46.5 Å². The zero-order chi connectivity index (χ0) is 30.1. The Kier molecular flexibility index (Phi) is 12.2. The highest BCUT2D eigenvalue weighted by Crippen LogP contribution is 2.29. The summed E-state index contributed by atoms with van der Waals surface area (Å²) in [6.07, 6.45) is 3.68. The van der Waals surface area contributed by atoms with Crippen LogP contribution in [0.1, 0.15) is 34.1 Å². The van der Waals surface area contributed by atoms with Crippen molar-refractivity contribution in [3.05, 3.63) is 58.9 Å². The van der Waals surface area contributed by atoms with E-state index in [1.54, 1.807) is 26.0 Å². The molecule has 2 bridgehead atoms. The van der Waals surface area contributed by atoms with Crippen LogP contribution < -0.4 is 11.1 Å². The van der Waals surface area contributed by atoms with Crippen molar-refractivity contribution in [1.29, 1.82) is 0 Å². The molecule has 4 N–H and O–H groups in total. The van der Waals surface area contributed by atoms with E-state index in [4.69, 9.17) is 24.7 Å². The van der Waals surface area contributed by atoms with E-state index in [1.807, 2.05) is 6.92 Å². The Bertz CT molecular complexity index is 1130. The van der Waals surface area contributed by atoms with Gasteiger partial charge in [0.15, 0.2) is 11.9 Å². The molecular weight excluding hydrogens is 520 g/mol. The fourth-order valence-electron chi connectivity index (χ4n) is 4.86. The Labute approximate surface area is 234 Å². The lowest BCUT2D eigenvalue weighted by Gasteiger charge is -2.32. The summed E-state index contributed by atoms with van der Waals surface area (Å²) >= 11 is 0. The molecule has 11 heteroatoms. The lowest BCUT2D eigenvalue weighted by Crippen LogP contribution is -2.40. The first-order valence-corrected chi connectivity index (χ1v) is 12.9. The standard InChI is InChI=1S/C29H40N2O9/c1-15-9-8-10-22(37-5)27(40-29(30)36)17(3)11-16(2)24(33)23(38-6)12-18(4)26(39-7)20-13-19(32)14-21(25(20)34)31-28(15)35/h8-11,13-14,16,18,22-24,26-27,33H,12H2,1-7H3,(H2,30,36)(H,31,35)/b10-8+,15-9-,17-11+/t16-,18-,22-,23-,24+,26?,27-/m0/s1. The van der Waals surface area contributed by atoms with Gasteiger partial charge in [0.1, 0.15) is 6.10 Å². The van der Waals surface area contributed by atoms with Gasteiger partial charge in [0, 0.05) is 44.5 Å². The number of methoxy groups -OCH3 is 3. The van der Waals surface area contributed by atoms with Crippen molar-refractivity contribution in [3.8, 4) is 0 Å². The number of amides is 2. The number of hydrogen-bond donors (Lipinski definition) is 3. The first-order valence-electron chi connectivity index (χ1n) is 12.9. The number of carbonyl (C=O) groups is 4. The van der Waals surface area contributed by atoms with Gasteiger partial charge in [-0.1, -0.05) is 38.2 Å². The number of Topliss-reactive ketones (excluding diaryl/α,β-unsaturated/α-hetero) is 1. The minimum Gasteiger partial charge on any atom is -0.439 e. The van der Waals surface area contributed by atoms with Gasteiger partial charge in [0.05, 0.1) is 24.0 Å². The SMILES string of the molecule is COC1C2=CC(=O)C=C(NC(=O)/C(C)=C\C=C\[C@H](OC)[C@@H](OC(N)=O)/C(C)=C/[C@H](C)[C@@H](O)[C@@H](OC)C[C@@H]1C)C2=O. The number of aliphatic hydroxyl groups excluding tert-OH is 1. The van der Waals surface area contributed by atoms with E-state index in [2.05, 4.69) is 5.32 Å². The zero-order valence-corrected chi connectivity index (χ0v) is 24.0. The smallest absolute Gasteiger partial charge is 0.405 e. The van der Waals surface area contributed by atoms with Gasteiger partial charge < -0.3 is 35.1 Å². The Morgan fingerprint density at radius 2 is 1.70 bits per heavy atom. The van der Waals surface area contributed by atoms with E-state index in [0.29, 0.717) is 5.57 Å². The second kappa shape index (κ2) is 14.8. The van der Waals surface area contributed by atoms with Gasteiger partial charge in [-0.15, -0.1) is 0 Å². The van der Waals surface area contributed by atoms with Crippen LogP contribution in [0, 0.1) is 11.8 Å². The van der Waals surface area contributed by atoms with Crippen LogP contribution in [0.15, 0.2) is 58.9 Å². The first kappa shape index (κ1) is 32.8. The highest BCUT2D eigenvalue weighted by molar-refractivity contribution is 6.22. The summed E-state index contributed by atoms with van der Waals surface area (Å²) in [6, 6.07) is 0. The topological polar surface area (TPSA) is 163 Å². The molecule has 0 fully saturated rings. The molecule has 0 aromatic rings. The van der Waals surface area contributed by atoms with Crippen LogP contribution in [0.25, 0.3) is 0 Å². The molecule has 7 atom stereocenters. The Morgan fingerprint density at radius 3 is 2.27 bits per heavy atom. The van der Waals surface area contributed by atoms with Gasteiger partial charge in [0.2, 0.25) is 5.78 Å². The van der Waals surface area contributed by atoms with Crippen LogP contribution in [0.2, 0.25) is 0 Å². The Balaban J connectivity index is 2.62. The lowest BCUT2D eigenvalue weighted by atomic mass is 9.84. The third-order valence-electron chi connectivity index (χ3n) is 7.04. The van der Waals surface area contributed by atoms with Gasteiger partial charge in [0.25, 0.3) is 5.91 Å². The molecule has 1 unspecified atom stereocenters. The minimum atomic E-state index is -1.01. The van der Waals surface area contributed by atoms with Gasteiger partial charge in [-0.05, 0) is 37.8 Å². The maximum atomic E-state index is 13.3. The maximum Gasteiger partial charge on any atom is 0.405 e. The number of ketones is 2. The number of ether oxygens (including phenoxy) is 4. The van der Waals surface area contributed by atoms with Crippen molar-refractivity contribution in [2.45, 2.75) is 64.6 Å². The molecule has 1 aliphatic heterocycles. The van der Waals surface area contributed by atoms with Crippen molar-refractivity contribution in [3.63, 3.8) is 0 Å². The molecule has 1 heterocycles. The maximum absolute atomic E-state index is 13.3. The lowest BCUT2D eigenvalue weighted by molar-refractivity contribution is -0.120.